The first-order valence-electron chi connectivity index (χ1n) is 9.61. The first-order chi connectivity index (χ1) is 12.3. The van der Waals surface area contributed by atoms with Crippen LogP contribution in [0.1, 0.15) is 57.4 Å². The van der Waals surface area contributed by atoms with Crippen molar-refractivity contribution >= 4 is 26.7 Å². The lowest BCUT2D eigenvalue weighted by Crippen LogP contribution is -2.01. The largest absolute Gasteiger partial charge is 0.493 e. The van der Waals surface area contributed by atoms with Crippen LogP contribution in [0.5, 0.6) is 11.5 Å². The summed E-state index contributed by atoms with van der Waals surface area (Å²) in [5.74, 6) is 1.94. The van der Waals surface area contributed by atoms with E-state index >= 15 is 0 Å². The third-order valence-corrected chi connectivity index (χ3v) is 4.94. The van der Waals surface area contributed by atoms with Gasteiger partial charge in [0, 0.05) is 16.1 Å². The van der Waals surface area contributed by atoms with Gasteiger partial charge >= 0.3 is 0 Å². The van der Waals surface area contributed by atoms with E-state index in [9.17, 15) is 0 Å². The van der Waals surface area contributed by atoms with Gasteiger partial charge in [-0.05, 0) is 44.4 Å². The Morgan fingerprint density at radius 3 is 2.08 bits per heavy atom. The van der Waals surface area contributed by atoms with Gasteiger partial charge in [0.1, 0.15) is 11.5 Å². The zero-order valence-electron chi connectivity index (χ0n) is 15.7. The van der Waals surface area contributed by atoms with Crippen molar-refractivity contribution in [2.45, 2.75) is 58.8 Å². The van der Waals surface area contributed by atoms with Crippen molar-refractivity contribution in [3.05, 3.63) is 35.9 Å². The number of hydrogen-bond donors (Lipinski definition) is 0. The van der Waals surface area contributed by atoms with Crippen LogP contribution in [0.15, 0.2) is 30.3 Å². The van der Waals surface area contributed by atoms with Crippen LogP contribution in [-0.2, 0) is 0 Å². The van der Waals surface area contributed by atoms with Gasteiger partial charge in [-0.1, -0.05) is 66.2 Å². The van der Waals surface area contributed by atoms with Gasteiger partial charge < -0.3 is 9.47 Å². The number of unbranched alkanes of at least 4 members (excludes halogenated alkanes) is 5. The average molecular weight is 407 g/mol. The van der Waals surface area contributed by atoms with Gasteiger partial charge in [0.25, 0.3) is 0 Å². The van der Waals surface area contributed by atoms with Crippen LogP contribution >= 0.6 is 15.9 Å². The Labute approximate surface area is 161 Å². The maximum absolute atomic E-state index is 6.09. The molecule has 0 heterocycles. The second-order valence-corrected chi connectivity index (χ2v) is 7.41. The first kappa shape index (κ1) is 20.1. The summed E-state index contributed by atoms with van der Waals surface area (Å²) in [7, 11) is 0. The zero-order chi connectivity index (χ0) is 17.9. The fourth-order valence-corrected chi connectivity index (χ4v) is 3.32. The Balaban J connectivity index is 2.03. The highest BCUT2D eigenvalue weighted by atomic mass is 79.9. The van der Waals surface area contributed by atoms with E-state index in [1.165, 1.54) is 37.7 Å². The molecule has 0 saturated heterocycles. The molecule has 0 aliphatic carbocycles. The number of benzene rings is 2. The number of aryl methyl sites for hydroxylation is 1. The summed E-state index contributed by atoms with van der Waals surface area (Å²) in [5, 5.41) is 3.41. The number of fused-ring (bicyclic) bond motifs is 1. The van der Waals surface area contributed by atoms with E-state index in [1.54, 1.807) is 0 Å². The van der Waals surface area contributed by atoms with Crippen LogP contribution < -0.4 is 9.47 Å². The average Bonchev–Trinajstić information content (AvgIpc) is 2.62. The minimum Gasteiger partial charge on any atom is -0.493 e. The Morgan fingerprint density at radius 1 is 0.760 bits per heavy atom. The molecule has 0 spiro atoms. The van der Waals surface area contributed by atoms with Gasteiger partial charge in [-0.3, -0.25) is 0 Å². The molecular weight excluding hydrogens is 376 g/mol. The molecule has 0 bridgehead atoms. The van der Waals surface area contributed by atoms with Crippen LogP contribution in [-0.4, -0.2) is 18.5 Å². The van der Waals surface area contributed by atoms with Crippen LogP contribution in [0.3, 0.4) is 0 Å². The molecule has 2 rings (SSSR count). The molecule has 0 radical (unpaired) electrons. The molecule has 0 aromatic heterocycles. The number of alkyl halides is 1. The smallest absolute Gasteiger partial charge is 0.127 e. The second-order valence-electron chi connectivity index (χ2n) is 6.62. The van der Waals surface area contributed by atoms with Crippen molar-refractivity contribution in [2.24, 2.45) is 0 Å². The predicted molar refractivity (Wildman–Crippen MR) is 111 cm³/mol. The SMILES string of the molecule is CCCCCOc1ccc(OCCCCCCBr)c2cc(C)ccc12. The minimum absolute atomic E-state index is 0.780. The summed E-state index contributed by atoms with van der Waals surface area (Å²) in [6.45, 7) is 5.90. The fourth-order valence-electron chi connectivity index (χ4n) is 2.93. The quantitative estimate of drug-likeness (QED) is 0.277. The van der Waals surface area contributed by atoms with E-state index in [0.717, 1.165) is 53.7 Å². The molecule has 25 heavy (non-hydrogen) atoms. The topological polar surface area (TPSA) is 18.5 Å². The van der Waals surface area contributed by atoms with E-state index in [2.05, 4.69) is 60.1 Å². The number of halogens is 1. The maximum Gasteiger partial charge on any atom is 0.127 e. The Morgan fingerprint density at radius 2 is 1.40 bits per heavy atom. The summed E-state index contributed by atoms with van der Waals surface area (Å²) < 4.78 is 12.1. The fraction of sp³-hybridized carbons (Fsp3) is 0.545. The van der Waals surface area contributed by atoms with E-state index < -0.39 is 0 Å². The molecule has 0 amide bonds. The van der Waals surface area contributed by atoms with Crippen molar-refractivity contribution < 1.29 is 9.47 Å². The number of rotatable bonds is 12. The molecule has 138 valence electrons. The standard InChI is InChI=1S/C22H31BrO2/c1-3-4-8-15-24-21-12-13-22(25-16-9-6-5-7-14-23)20-17-18(2)10-11-19(20)21/h10-13,17H,3-9,14-16H2,1-2H3. The van der Waals surface area contributed by atoms with E-state index in [1.807, 2.05) is 0 Å². The number of ether oxygens (including phenoxy) is 2. The van der Waals surface area contributed by atoms with Crippen molar-refractivity contribution in [2.75, 3.05) is 18.5 Å². The van der Waals surface area contributed by atoms with Crippen molar-refractivity contribution in [3.8, 4) is 11.5 Å². The summed E-state index contributed by atoms with van der Waals surface area (Å²) in [6.07, 6.45) is 8.37. The van der Waals surface area contributed by atoms with E-state index in [0.29, 0.717) is 0 Å². The van der Waals surface area contributed by atoms with Gasteiger partial charge in [-0.25, -0.2) is 0 Å². The van der Waals surface area contributed by atoms with Gasteiger partial charge in [0.05, 0.1) is 13.2 Å². The molecule has 3 heteroatoms. The highest BCUT2D eigenvalue weighted by molar-refractivity contribution is 9.09. The highest BCUT2D eigenvalue weighted by Gasteiger charge is 2.08. The van der Waals surface area contributed by atoms with Crippen molar-refractivity contribution in [1.29, 1.82) is 0 Å². The molecule has 0 N–H and O–H groups in total. The maximum atomic E-state index is 6.09. The predicted octanol–water partition coefficient (Wildman–Crippen LogP) is 7.05. The minimum atomic E-state index is 0.780. The Hall–Kier alpha value is -1.22. The van der Waals surface area contributed by atoms with Gasteiger partial charge in [0.15, 0.2) is 0 Å². The molecule has 0 saturated carbocycles. The van der Waals surface area contributed by atoms with Crippen molar-refractivity contribution in [1.82, 2.24) is 0 Å². The summed E-state index contributed by atoms with van der Waals surface area (Å²) in [5.41, 5.74) is 1.25. The molecule has 0 aliphatic heterocycles. The third kappa shape index (κ3) is 6.54. The first-order valence-corrected chi connectivity index (χ1v) is 10.7. The molecule has 0 fully saturated rings. The van der Waals surface area contributed by atoms with Gasteiger partial charge in [0.2, 0.25) is 0 Å². The molecule has 0 aliphatic rings. The monoisotopic (exact) mass is 406 g/mol. The molecular formula is C22H31BrO2. The van der Waals surface area contributed by atoms with Crippen LogP contribution in [0.25, 0.3) is 10.8 Å². The highest BCUT2D eigenvalue weighted by Crippen LogP contribution is 2.34. The second kappa shape index (κ2) is 11.4. The third-order valence-electron chi connectivity index (χ3n) is 4.38. The van der Waals surface area contributed by atoms with Crippen LogP contribution in [0.2, 0.25) is 0 Å². The molecule has 2 aromatic rings. The summed E-state index contributed by atoms with van der Waals surface area (Å²) >= 11 is 3.48. The van der Waals surface area contributed by atoms with Gasteiger partial charge in [-0.15, -0.1) is 0 Å². The number of hydrogen-bond acceptors (Lipinski definition) is 2. The molecule has 0 unspecified atom stereocenters. The van der Waals surface area contributed by atoms with Crippen LogP contribution in [0.4, 0.5) is 0 Å². The van der Waals surface area contributed by atoms with E-state index in [4.69, 9.17) is 9.47 Å². The molecule has 0 atom stereocenters. The Kier molecular flexibility index (Phi) is 9.17. The van der Waals surface area contributed by atoms with Crippen LogP contribution in [0, 0.1) is 6.92 Å². The lowest BCUT2D eigenvalue weighted by Gasteiger charge is -2.14. The molecule has 2 aromatic carbocycles. The zero-order valence-corrected chi connectivity index (χ0v) is 17.2. The van der Waals surface area contributed by atoms with Crippen molar-refractivity contribution in [3.63, 3.8) is 0 Å². The van der Waals surface area contributed by atoms with E-state index in [-0.39, 0.29) is 0 Å². The lowest BCUT2D eigenvalue weighted by atomic mass is 10.1. The lowest BCUT2D eigenvalue weighted by molar-refractivity contribution is 0.302. The molecule has 2 nitrogen and oxygen atoms in total. The van der Waals surface area contributed by atoms with Gasteiger partial charge in [-0.2, -0.15) is 0 Å². The summed E-state index contributed by atoms with van der Waals surface area (Å²) in [4.78, 5) is 0. The normalized spacial score (nSPS) is 11.0. The summed E-state index contributed by atoms with van der Waals surface area (Å²) in [6, 6.07) is 10.6. The Bertz CT molecular complexity index is 639.